The molecule has 2 rings (SSSR count). The van der Waals surface area contributed by atoms with Gasteiger partial charge in [0.2, 0.25) is 0 Å². The number of hydrogen-bond donors (Lipinski definition) is 1. The molecule has 2 nitrogen and oxygen atoms in total. The van der Waals surface area contributed by atoms with Crippen LogP contribution in [-0.4, -0.2) is 12.6 Å². The summed E-state index contributed by atoms with van der Waals surface area (Å²) in [4.78, 5) is 0. The Kier molecular flexibility index (Phi) is 3.68. The summed E-state index contributed by atoms with van der Waals surface area (Å²) in [6.07, 6.45) is 1.00. The van der Waals surface area contributed by atoms with Crippen LogP contribution in [0, 0.1) is 20.8 Å². The van der Waals surface area contributed by atoms with Crippen molar-refractivity contribution in [3.05, 3.63) is 22.3 Å². The van der Waals surface area contributed by atoms with Crippen LogP contribution in [0.15, 0.2) is 0 Å². The normalized spacial score (nSPS) is 15.9. The molecule has 0 atom stereocenters. The summed E-state index contributed by atoms with van der Waals surface area (Å²) < 4.78 is 6.06. The molecule has 17 heavy (non-hydrogen) atoms. The van der Waals surface area contributed by atoms with E-state index < -0.39 is 0 Å². The fourth-order valence-electron chi connectivity index (χ4n) is 2.65. The van der Waals surface area contributed by atoms with Gasteiger partial charge in [0.15, 0.2) is 0 Å². The van der Waals surface area contributed by atoms with Gasteiger partial charge in [0.05, 0.1) is 0 Å². The van der Waals surface area contributed by atoms with Gasteiger partial charge in [0.1, 0.15) is 11.4 Å². The molecule has 0 aliphatic carbocycles. The molecule has 0 unspecified atom stereocenters. The Labute approximate surface area is 110 Å². The van der Waals surface area contributed by atoms with Crippen molar-refractivity contribution in [2.75, 3.05) is 12.4 Å². The monoisotopic (exact) mass is 255 g/mol. The molecule has 0 spiro atoms. The number of anilines is 1. The largest absolute Gasteiger partial charge is 0.487 e. The molecule has 1 aliphatic heterocycles. The van der Waals surface area contributed by atoms with Crippen LogP contribution in [0.4, 0.5) is 5.69 Å². The third-order valence-electron chi connectivity index (χ3n) is 3.61. The lowest BCUT2D eigenvalue weighted by atomic mass is 9.92. The summed E-state index contributed by atoms with van der Waals surface area (Å²) >= 11 is 0. The second-order valence-corrected chi connectivity index (χ2v) is 5.35. The van der Waals surface area contributed by atoms with Crippen molar-refractivity contribution in [3.8, 4) is 5.75 Å². The van der Waals surface area contributed by atoms with Crippen LogP contribution in [0.2, 0.25) is 0 Å². The molecule has 1 aromatic carbocycles. The van der Waals surface area contributed by atoms with Gasteiger partial charge >= 0.3 is 0 Å². The minimum Gasteiger partial charge on any atom is -0.487 e. The van der Waals surface area contributed by atoms with Gasteiger partial charge in [0, 0.05) is 24.7 Å². The summed E-state index contributed by atoms with van der Waals surface area (Å²) in [5, 5.41) is 3.31. The van der Waals surface area contributed by atoms with Crippen LogP contribution < -0.4 is 10.1 Å². The molecule has 3 heteroatoms. The van der Waals surface area contributed by atoms with Crippen LogP contribution in [0.5, 0.6) is 5.75 Å². The Balaban J connectivity index is 0.00000144. The number of hydrogen-bond acceptors (Lipinski definition) is 2. The number of benzene rings is 1. The maximum atomic E-state index is 6.06. The van der Waals surface area contributed by atoms with E-state index >= 15 is 0 Å². The van der Waals surface area contributed by atoms with Crippen LogP contribution in [0.25, 0.3) is 0 Å². The zero-order chi connectivity index (χ0) is 12.1. The molecule has 0 saturated carbocycles. The SMILES string of the molecule is CNc1c(C)c(C)c2c(c1C)CC(C)(C)O2.Cl. The highest BCUT2D eigenvalue weighted by atomic mass is 35.5. The number of halogens is 1. The third kappa shape index (κ3) is 2.11. The van der Waals surface area contributed by atoms with E-state index in [9.17, 15) is 0 Å². The van der Waals surface area contributed by atoms with E-state index in [1.807, 2.05) is 7.05 Å². The quantitative estimate of drug-likeness (QED) is 0.825. The first-order valence-corrected chi connectivity index (χ1v) is 5.87. The van der Waals surface area contributed by atoms with Crippen molar-refractivity contribution < 1.29 is 4.74 Å². The summed E-state index contributed by atoms with van der Waals surface area (Å²) in [6, 6.07) is 0. The Morgan fingerprint density at radius 1 is 1.06 bits per heavy atom. The molecule has 1 N–H and O–H groups in total. The third-order valence-corrected chi connectivity index (χ3v) is 3.61. The van der Waals surface area contributed by atoms with E-state index in [4.69, 9.17) is 4.74 Å². The van der Waals surface area contributed by atoms with Crippen LogP contribution in [0.1, 0.15) is 36.1 Å². The predicted octanol–water partition coefficient (Wildman–Crippen LogP) is 3.79. The fourth-order valence-corrected chi connectivity index (χ4v) is 2.65. The van der Waals surface area contributed by atoms with Gasteiger partial charge in [-0.25, -0.2) is 0 Å². The predicted molar refractivity (Wildman–Crippen MR) is 75.9 cm³/mol. The zero-order valence-electron chi connectivity index (χ0n) is 11.5. The van der Waals surface area contributed by atoms with Gasteiger partial charge < -0.3 is 10.1 Å². The van der Waals surface area contributed by atoms with Gasteiger partial charge in [-0.2, -0.15) is 0 Å². The Hall–Kier alpha value is -0.890. The van der Waals surface area contributed by atoms with Crippen molar-refractivity contribution in [2.24, 2.45) is 0 Å². The molecule has 0 amide bonds. The average molecular weight is 256 g/mol. The maximum absolute atomic E-state index is 6.06. The summed E-state index contributed by atoms with van der Waals surface area (Å²) in [5.41, 5.74) is 6.49. The lowest BCUT2D eigenvalue weighted by molar-refractivity contribution is 0.137. The highest BCUT2D eigenvalue weighted by molar-refractivity contribution is 5.85. The van der Waals surface area contributed by atoms with Crippen molar-refractivity contribution in [1.82, 2.24) is 0 Å². The summed E-state index contributed by atoms with van der Waals surface area (Å²) in [7, 11) is 1.99. The number of nitrogens with one attached hydrogen (secondary N) is 1. The highest BCUT2D eigenvalue weighted by Gasteiger charge is 2.34. The van der Waals surface area contributed by atoms with Crippen molar-refractivity contribution >= 4 is 18.1 Å². The highest BCUT2D eigenvalue weighted by Crippen LogP contribution is 2.44. The molecule has 0 radical (unpaired) electrons. The van der Waals surface area contributed by atoms with E-state index in [0.717, 1.165) is 12.2 Å². The molecule has 1 heterocycles. The zero-order valence-corrected chi connectivity index (χ0v) is 12.3. The van der Waals surface area contributed by atoms with E-state index in [-0.39, 0.29) is 18.0 Å². The maximum Gasteiger partial charge on any atom is 0.127 e. The molecular weight excluding hydrogens is 234 g/mol. The Morgan fingerprint density at radius 3 is 2.18 bits per heavy atom. The Bertz CT molecular complexity index is 452. The summed E-state index contributed by atoms with van der Waals surface area (Å²) in [6.45, 7) is 10.8. The first kappa shape index (κ1) is 14.2. The van der Waals surface area contributed by atoms with Crippen LogP contribution in [-0.2, 0) is 6.42 Å². The van der Waals surface area contributed by atoms with E-state index in [0.29, 0.717) is 0 Å². The number of rotatable bonds is 1. The standard InChI is InChI=1S/C14H21NO.ClH/c1-8-9(2)13-11(7-14(4,5)16-13)10(3)12(8)15-6;/h15H,7H2,1-6H3;1H. The molecule has 0 bridgehead atoms. The summed E-state index contributed by atoms with van der Waals surface area (Å²) in [5.74, 6) is 1.11. The topological polar surface area (TPSA) is 21.3 Å². The van der Waals surface area contributed by atoms with E-state index in [1.54, 1.807) is 0 Å². The van der Waals surface area contributed by atoms with Crippen LogP contribution >= 0.6 is 12.4 Å². The molecular formula is C14H22ClNO. The molecule has 0 fully saturated rings. The molecule has 0 saturated heterocycles. The van der Waals surface area contributed by atoms with Gasteiger partial charge in [-0.05, 0) is 51.3 Å². The second-order valence-electron chi connectivity index (χ2n) is 5.35. The second kappa shape index (κ2) is 4.41. The minimum atomic E-state index is -0.0589. The first-order valence-electron chi connectivity index (χ1n) is 5.87. The van der Waals surface area contributed by atoms with Crippen molar-refractivity contribution in [1.29, 1.82) is 0 Å². The van der Waals surface area contributed by atoms with Crippen molar-refractivity contribution in [3.63, 3.8) is 0 Å². The van der Waals surface area contributed by atoms with Gasteiger partial charge in [-0.15, -0.1) is 12.4 Å². The molecule has 0 aromatic heterocycles. The lowest BCUT2D eigenvalue weighted by Crippen LogP contribution is -2.24. The number of fused-ring (bicyclic) bond motifs is 1. The fraction of sp³-hybridized carbons (Fsp3) is 0.571. The molecule has 96 valence electrons. The first-order chi connectivity index (χ1) is 7.37. The molecule has 1 aliphatic rings. The van der Waals surface area contributed by atoms with Gasteiger partial charge in [0.25, 0.3) is 0 Å². The number of ether oxygens (including phenoxy) is 1. The van der Waals surface area contributed by atoms with Gasteiger partial charge in [-0.1, -0.05) is 0 Å². The van der Waals surface area contributed by atoms with Gasteiger partial charge in [-0.3, -0.25) is 0 Å². The lowest BCUT2D eigenvalue weighted by Gasteiger charge is -2.18. The van der Waals surface area contributed by atoms with Crippen LogP contribution in [0.3, 0.4) is 0 Å². The smallest absolute Gasteiger partial charge is 0.127 e. The Morgan fingerprint density at radius 2 is 1.65 bits per heavy atom. The minimum absolute atomic E-state index is 0. The average Bonchev–Trinajstić information content (AvgIpc) is 2.52. The van der Waals surface area contributed by atoms with E-state index in [1.165, 1.54) is 27.9 Å². The van der Waals surface area contributed by atoms with Crippen molar-refractivity contribution in [2.45, 2.75) is 46.6 Å². The van der Waals surface area contributed by atoms with E-state index in [2.05, 4.69) is 39.9 Å². The molecule has 1 aromatic rings.